The van der Waals surface area contributed by atoms with Crippen LogP contribution in [0.1, 0.15) is 26.3 Å². The van der Waals surface area contributed by atoms with Crippen molar-refractivity contribution < 1.29 is 9.53 Å². The largest absolute Gasteiger partial charge is 0.444 e. The number of nitrogens with zero attached hydrogens (tertiary/aromatic N) is 3. The van der Waals surface area contributed by atoms with Crippen LogP contribution in [-0.2, 0) is 4.74 Å². The molecule has 1 saturated heterocycles. The number of anilines is 1. The third kappa shape index (κ3) is 4.14. The van der Waals surface area contributed by atoms with Gasteiger partial charge >= 0.3 is 6.09 Å². The lowest BCUT2D eigenvalue weighted by atomic mass is 10.2. The lowest BCUT2D eigenvalue weighted by molar-refractivity contribution is 0.0240. The van der Waals surface area contributed by atoms with Gasteiger partial charge in [0.25, 0.3) is 0 Å². The van der Waals surface area contributed by atoms with Crippen LogP contribution in [0.2, 0.25) is 0 Å². The summed E-state index contributed by atoms with van der Waals surface area (Å²) < 4.78 is 6.19. The molecular formula is C16H20BrN3O2. The SMILES string of the molecule is CC(C)(C)OC(=O)N1CCN(c2ccc(Br)c(C#N)c2)CC1. The van der Waals surface area contributed by atoms with Crippen LogP contribution in [0.15, 0.2) is 22.7 Å². The first-order valence-electron chi connectivity index (χ1n) is 7.23. The number of hydrogen-bond acceptors (Lipinski definition) is 4. The van der Waals surface area contributed by atoms with Gasteiger partial charge in [0.2, 0.25) is 0 Å². The maximum atomic E-state index is 12.0. The van der Waals surface area contributed by atoms with E-state index in [1.165, 1.54) is 0 Å². The summed E-state index contributed by atoms with van der Waals surface area (Å²) in [5, 5.41) is 9.10. The average Bonchev–Trinajstić information content (AvgIpc) is 2.46. The van der Waals surface area contributed by atoms with Gasteiger partial charge in [0.1, 0.15) is 11.7 Å². The molecule has 1 aromatic rings. The van der Waals surface area contributed by atoms with Crippen molar-refractivity contribution in [2.45, 2.75) is 26.4 Å². The van der Waals surface area contributed by atoms with Crippen LogP contribution in [-0.4, -0.2) is 42.8 Å². The van der Waals surface area contributed by atoms with E-state index in [1.807, 2.05) is 39.0 Å². The second-order valence-corrected chi connectivity index (χ2v) is 7.08. The van der Waals surface area contributed by atoms with Crippen molar-refractivity contribution in [1.29, 1.82) is 5.26 Å². The number of rotatable bonds is 1. The molecule has 0 radical (unpaired) electrons. The number of carbonyl (C=O) groups is 1. The molecule has 118 valence electrons. The van der Waals surface area contributed by atoms with Crippen molar-refractivity contribution in [2.24, 2.45) is 0 Å². The van der Waals surface area contributed by atoms with Gasteiger partial charge in [0.15, 0.2) is 0 Å². The molecule has 6 heteroatoms. The summed E-state index contributed by atoms with van der Waals surface area (Å²) in [6.45, 7) is 8.29. The van der Waals surface area contributed by atoms with E-state index in [2.05, 4.69) is 26.9 Å². The molecule has 1 heterocycles. The van der Waals surface area contributed by atoms with E-state index in [0.717, 1.165) is 23.2 Å². The minimum atomic E-state index is -0.471. The third-order valence-electron chi connectivity index (χ3n) is 3.37. The van der Waals surface area contributed by atoms with Crippen LogP contribution in [0, 0.1) is 11.3 Å². The van der Waals surface area contributed by atoms with Gasteiger partial charge in [-0.3, -0.25) is 0 Å². The molecule has 0 bridgehead atoms. The number of halogens is 1. The molecule has 0 atom stereocenters. The Labute approximate surface area is 139 Å². The fourth-order valence-corrected chi connectivity index (χ4v) is 2.60. The summed E-state index contributed by atoms with van der Waals surface area (Å²) in [7, 11) is 0. The Hall–Kier alpha value is -1.74. The predicted molar refractivity (Wildman–Crippen MR) is 88.9 cm³/mol. The van der Waals surface area contributed by atoms with Crippen molar-refractivity contribution in [3.63, 3.8) is 0 Å². The molecule has 1 aromatic carbocycles. The first-order chi connectivity index (χ1) is 10.3. The zero-order valence-electron chi connectivity index (χ0n) is 13.1. The lowest BCUT2D eigenvalue weighted by Gasteiger charge is -2.36. The highest BCUT2D eigenvalue weighted by Gasteiger charge is 2.26. The number of hydrogen-bond donors (Lipinski definition) is 0. The van der Waals surface area contributed by atoms with Crippen LogP contribution in [0.3, 0.4) is 0 Å². The molecule has 0 N–H and O–H groups in total. The monoisotopic (exact) mass is 365 g/mol. The highest BCUT2D eigenvalue weighted by atomic mass is 79.9. The molecule has 0 aromatic heterocycles. The van der Waals surface area contributed by atoms with Gasteiger partial charge in [-0.2, -0.15) is 5.26 Å². The van der Waals surface area contributed by atoms with E-state index in [0.29, 0.717) is 18.7 Å². The Morgan fingerprint density at radius 2 is 1.91 bits per heavy atom. The van der Waals surface area contributed by atoms with Crippen LogP contribution < -0.4 is 4.90 Å². The normalized spacial score (nSPS) is 15.4. The van der Waals surface area contributed by atoms with Gasteiger partial charge in [-0.05, 0) is 54.9 Å². The topological polar surface area (TPSA) is 56.6 Å². The minimum absolute atomic E-state index is 0.263. The second-order valence-electron chi connectivity index (χ2n) is 6.23. The maximum Gasteiger partial charge on any atom is 0.410 e. The van der Waals surface area contributed by atoms with E-state index in [-0.39, 0.29) is 6.09 Å². The molecule has 0 saturated carbocycles. The summed E-state index contributed by atoms with van der Waals surface area (Å²) in [6, 6.07) is 7.90. The van der Waals surface area contributed by atoms with Crippen molar-refractivity contribution in [1.82, 2.24) is 4.90 Å². The maximum absolute atomic E-state index is 12.0. The van der Waals surface area contributed by atoms with Crippen molar-refractivity contribution in [2.75, 3.05) is 31.1 Å². The molecule has 5 nitrogen and oxygen atoms in total. The van der Waals surface area contributed by atoms with Gasteiger partial charge < -0.3 is 14.5 Å². The predicted octanol–water partition coefficient (Wildman–Crippen LogP) is 3.38. The average molecular weight is 366 g/mol. The van der Waals surface area contributed by atoms with Crippen LogP contribution in [0.5, 0.6) is 0 Å². The van der Waals surface area contributed by atoms with E-state index in [1.54, 1.807) is 4.90 Å². The summed E-state index contributed by atoms with van der Waals surface area (Å²) in [5.41, 5.74) is 1.15. The first-order valence-corrected chi connectivity index (χ1v) is 8.02. The van der Waals surface area contributed by atoms with Gasteiger partial charge in [-0.1, -0.05) is 0 Å². The fraction of sp³-hybridized carbons (Fsp3) is 0.500. The molecular weight excluding hydrogens is 346 g/mol. The summed E-state index contributed by atoms with van der Waals surface area (Å²) in [4.78, 5) is 15.9. The summed E-state index contributed by atoms with van der Waals surface area (Å²) in [5.74, 6) is 0. The molecule has 1 fully saturated rings. The zero-order valence-corrected chi connectivity index (χ0v) is 14.7. The number of piperazine rings is 1. The van der Waals surface area contributed by atoms with Gasteiger partial charge in [0, 0.05) is 36.3 Å². The Bertz CT molecular complexity index is 596. The molecule has 0 spiro atoms. The Morgan fingerprint density at radius 3 is 2.45 bits per heavy atom. The number of carbonyl (C=O) groups excluding carboxylic acids is 1. The smallest absolute Gasteiger partial charge is 0.410 e. The molecule has 2 rings (SSSR count). The van der Waals surface area contributed by atoms with Crippen LogP contribution in [0.4, 0.5) is 10.5 Å². The third-order valence-corrected chi connectivity index (χ3v) is 4.06. The van der Waals surface area contributed by atoms with Crippen molar-refractivity contribution >= 4 is 27.7 Å². The van der Waals surface area contributed by atoms with Crippen molar-refractivity contribution in [3.05, 3.63) is 28.2 Å². The summed E-state index contributed by atoms with van der Waals surface area (Å²) in [6.07, 6.45) is -0.263. The molecule has 0 aliphatic carbocycles. The van der Waals surface area contributed by atoms with E-state index in [4.69, 9.17) is 10.00 Å². The van der Waals surface area contributed by atoms with E-state index >= 15 is 0 Å². The van der Waals surface area contributed by atoms with Gasteiger partial charge in [0.05, 0.1) is 5.56 Å². The number of nitriles is 1. The lowest BCUT2D eigenvalue weighted by Crippen LogP contribution is -2.50. The van der Waals surface area contributed by atoms with Gasteiger partial charge in [-0.15, -0.1) is 0 Å². The van der Waals surface area contributed by atoms with E-state index in [9.17, 15) is 4.79 Å². The highest BCUT2D eigenvalue weighted by molar-refractivity contribution is 9.10. The number of benzene rings is 1. The Morgan fingerprint density at radius 1 is 1.27 bits per heavy atom. The first kappa shape index (κ1) is 16.6. The van der Waals surface area contributed by atoms with E-state index < -0.39 is 5.60 Å². The molecule has 1 aliphatic rings. The quantitative estimate of drug-likeness (QED) is 0.765. The zero-order chi connectivity index (χ0) is 16.3. The van der Waals surface area contributed by atoms with Gasteiger partial charge in [-0.25, -0.2) is 4.79 Å². The number of amides is 1. The molecule has 22 heavy (non-hydrogen) atoms. The highest BCUT2D eigenvalue weighted by Crippen LogP contribution is 2.24. The minimum Gasteiger partial charge on any atom is -0.444 e. The molecule has 1 amide bonds. The number of ether oxygens (including phenoxy) is 1. The Kier molecular flexibility index (Phi) is 4.97. The summed E-state index contributed by atoms with van der Waals surface area (Å²) >= 11 is 3.36. The van der Waals surface area contributed by atoms with Crippen LogP contribution >= 0.6 is 15.9 Å². The molecule has 1 aliphatic heterocycles. The van der Waals surface area contributed by atoms with Crippen LogP contribution in [0.25, 0.3) is 0 Å². The Balaban J connectivity index is 1.98. The molecule has 0 unspecified atom stereocenters. The second kappa shape index (κ2) is 6.57. The van der Waals surface area contributed by atoms with Crippen molar-refractivity contribution in [3.8, 4) is 6.07 Å². The fourth-order valence-electron chi connectivity index (χ4n) is 2.27. The standard InChI is InChI=1S/C16H20BrN3O2/c1-16(2,3)22-15(21)20-8-6-19(7-9-20)13-4-5-14(17)12(10-13)11-18/h4-5,10H,6-9H2,1-3H3.